The largest absolute Gasteiger partial charge is 0.497 e. The Morgan fingerprint density at radius 3 is 1.18 bits per heavy atom. The summed E-state index contributed by atoms with van der Waals surface area (Å²) < 4.78 is 12.6. The van der Waals surface area contributed by atoms with Crippen molar-refractivity contribution >= 4 is 46.8 Å². The van der Waals surface area contributed by atoms with Gasteiger partial charge in [0.05, 0.1) is 37.3 Å². The van der Waals surface area contributed by atoms with Gasteiger partial charge in [-0.3, -0.25) is 18.7 Å². The molecule has 13 heteroatoms. The van der Waals surface area contributed by atoms with Gasteiger partial charge < -0.3 is 39.5 Å². The van der Waals surface area contributed by atoms with Crippen LogP contribution in [0.1, 0.15) is 11.1 Å². The first-order valence-electron chi connectivity index (χ1n) is 19.3. The minimum atomic E-state index is -0.746. The smallest absolute Gasteiger partial charge is 0.330 e. The molecule has 0 spiro atoms. The number of nitrogens with one attached hydrogen (secondary N) is 2. The maximum atomic E-state index is 13.3. The number of benzene rings is 5. The molecule has 2 atom stereocenters. The molecule has 314 valence electrons. The summed E-state index contributed by atoms with van der Waals surface area (Å²) in [5.41, 5.74) is 4.56. The topological polar surface area (TPSA) is 144 Å². The highest BCUT2D eigenvalue weighted by molar-refractivity contribution is 5.85. The van der Waals surface area contributed by atoms with Gasteiger partial charge in [0.25, 0.3) is 0 Å². The van der Waals surface area contributed by atoms with Crippen molar-refractivity contribution in [3.05, 3.63) is 155 Å². The van der Waals surface area contributed by atoms with E-state index in [2.05, 4.69) is 20.4 Å². The third kappa shape index (κ3) is 13.8. The lowest BCUT2D eigenvalue weighted by Crippen LogP contribution is -2.42. The van der Waals surface area contributed by atoms with Crippen molar-refractivity contribution < 1.29 is 28.7 Å². The normalized spacial score (nSPS) is 11.3. The minimum absolute atomic E-state index is 0.321. The zero-order chi connectivity index (χ0) is 43.4. The van der Waals surface area contributed by atoms with Gasteiger partial charge in [0.15, 0.2) is 0 Å². The number of aromatic nitrogens is 2. The molecular formula is C47H54N6O7. The van der Waals surface area contributed by atoms with Gasteiger partial charge in [0, 0.05) is 39.6 Å². The molecule has 1 heterocycles. The molecule has 5 aromatic carbocycles. The fraction of sp³-hybridized carbons (Fsp3) is 0.255. The van der Waals surface area contributed by atoms with E-state index in [9.17, 15) is 24.0 Å². The number of ether oxygens (including phenoxy) is 2. The summed E-state index contributed by atoms with van der Waals surface area (Å²) in [6.45, 7) is -0.643. The molecule has 0 aliphatic heterocycles. The van der Waals surface area contributed by atoms with Crippen LogP contribution in [0.4, 0.5) is 11.4 Å². The van der Waals surface area contributed by atoms with Crippen LogP contribution in [0.25, 0.3) is 11.0 Å². The second-order valence-electron chi connectivity index (χ2n) is 14.1. The van der Waals surface area contributed by atoms with E-state index in [4.69, 9.17) is 9.47 Å². The van der Waals surface area contributed by atoms with Crippen molar-refractivity contribution in [2.75, 3.05) is 52.2 Å². The van der Waals surface area contributed by atoms with Gasteiger partial charge in [0.2, 0.25) is 11.8 Å². The quantitative estimate of drug-likeness (QED) is 0.126. The Labute approximate surface area is 351 Å². The number of carbonyl (C=O) groups is 4. The van der Waals surface area contributed by atoms with E-state index in [1.165, 1.54) is 20.5 Å². The Bertz CT molecular complexity index is 2150. The number of amides is 2. The number of fused-ring (bicyclic) bond motifs is 1. The molecule has 0 fully saturated rings. The van der Waals surface area contributed by atoms with Gasteiger partial charge in [-0.15, -0.1) is 0 Å². The van der Waals surface area contributed by atoms with Crippen molar-refractivity contribution in [1.82, 2.24) is 19.8 Å². The van der Waals surface area contributed by atoms with E-state index in [1.807, 2.05) is 137 Å². The maximum absolute atomic E-state index is 13.3. The third-order valence-corrected chi connectivity index (χ3v) is 9.32. The standard InChI is InChI=1S/C29H28N4O5.2C9H13NO/c34-19-23(15-21-9-3-1-4-10-21)30-27(36)17-32-25-13-7-8-14-26(25)33(29(32)38)18-28(37)31-24(20-35)16-22-11-5-2-6-12-22;2*1-10(2)8-4-6-9(11-3)7-5-8/h1-14,19-20,23-24H,15-18H2,(H,30,36)(H,31,37);2*4-7H,1-3H3/t23-,24?;;/m0../s1. The van der Waals surface area contributed by atoms with Crippen LogP contribution < -0.4 is 35.6 Å². The van der Waals surface area contributed by atoms with Gasteiger partial charge >= 0.3 is 5.69 Å². The predicted molar refractivity (Wildman–Crippen MR) is 237 cm³/mol. The average Bonchev–Trinajstić information content (AvgIpc) is 3.52. The number of para-hydroxylation sites is 2. The van der Waals surface area contributed by atoms with Crippen LogP contribution in [-0.4, -0.2) is 88.0 Å². The summed E-state index contributed by atoms with van der Waals surface area (Å²) in [5.74, 6) is 0.791. The Hall–Kier alpha value is -7.15. The molecule has 1 unspecified atom stereocenters. The lowest BCUT2D eigenvalue weighted by molar-refractivity contribution is -0.124. The number of hydrogen-bond donors (Lipinski definition) is 2. The molecule has 0 aliphatic rings. The molecule has 0 bridgehead atoms. The Morgan fingerprint density at radius 1 is 0.550 bits per heavy atom. The molecule has 60 heavy (non-hydrogen) atoms. The van der Waals surface area contributed by atoms with E-state index in [1.54, 1.807) is 38.5 Å². The van der Waals surface area contributed by atoms with Crippen LogP contribution in [0.3, 0.4) is 0 Å². The number of aldehydes is 2. The Kier molecular flexibility index (Phi) is 17.7. The van der Waals surface area contributed by atoms with Crippen LogP contribution in [0, 0.1) is 0 Å². The van der Waals surface area contributed by atoms with Crippen molar-refractivity contribution in [2.24, 2.45) is 0 Å². The molecule has 6 aromatic rings. The summed E-state index contributed by atoms with van der Waals surface area (Å²) in [6, 6.07) is 39.8. The van der Waals surface area contributed by atoms with Crippen LogP contribution in [0.2, 0.25) is 0 Å². The van der Waals surface area contributed by atoms with Crippen LogP contribution in [-0.2, 0) is 45.1 Å². The molecule has 0 aliphatic carbocycles. The summed E-state index contributed by atoms with van der Waals surface area (Å²) in [4.78, 5) is 66.1. The lowest BCUT2D eigenvalue weighted by atomic mass is 10.1. The van der Waals surface area contributed by atoms with Crippen LogP contribution >= 0.6 is 0 Å². The van der Waals surface area contributed by atoms with Gasteiger partial charge in [0.1, 0.15) is 37.2 Å². The molecule has 6 rings (SSSR count). The molecule has 2 amide bonds. The highest BCUT2D eigenvalue weighted by atomic mass is 16.5. The highest BCUT2D eigenvalue weighted by Gasteiger charge is 2.20. The van der Waals surface area contributed by atoms with Crippen molar-refractivity contribution in [2.45, 2.75) is 38.0 Å². The first-order chi connectivity index (χ1) is 29.0. The second-order valence-corrected chi connectivity index (χ2v) is 14.1. The third-order valence-electron chi connectivity index (χ3n) is 9.32. The minimum Gasteiger partial charge on any atom is -0.497 e. The molecule has 1 aromatic heterocycles. The van der Waals surface area contributed by atoms with Gasteiger partial charge in [-0.25, -0.2) is 4.79 Å². The van der Waals surface area contributed by atoms with Crippen molar-refractivity contribution in [3.63, 3.8) is 0 Å². The molecule has 13 nitrogen and oxygen atoms in total. The summed E-state index contributed by atoms with van der Waals surface area (Å²) in [6.07, 6.45) is 1.99. The molecule has 0 saturated heterocycles. The number of nitrogens with zero attached hydrogens (tertiary/aromatic N) is 4. The number of hydrogen-bond acceptors (Lipinski definition) is 9. The molecule has 0 radical (unpaired) electrons. The first kappa shape index (κ1) is 45.6. The zero-order valence-electron chi connectivity index (χ0n) is 35.0. The number of anilines is 2. The van der Waals surface area contributed by atoms with Gasteiger partial charge in [-0.1, -0.05) is 72.8 Å². The summed E-state index contributed by atoms with van der Waals surface area (Å²) in [5, 5.41) is 5.34. The van der Waals surface area contributed by atoms with Crippen molar-refractivity contribution in [1.29, 1.82) is 0 Å². The van der Waals surface area contributed by atoms with Gasteiger partial charge in [-0.05, 0) is 84.6 Å². The SMILES string of the molecule is COc1ccc(N(C)C)cc1.COc1ccc(N(C)C)cc1.O=CC(Cc1ccccc1)NC(=O)Cn1c(=O)n(CC(=O)N[C@H](C=O)Cc2ccccc2)c2ccccc21. The fourth-order valence-electron chi connectivity index (χ4n) is 6.13. The average molecular weight is 815 g/mol. The Morgan fingerprint density at radius 2 is 0.883 bits per heavy atom. The zero-order valence-corrected chi connectivity index (χ0v) is 35.0. The number of methoxy groups -OCH3 is 2. The van der Waals surface area contributed by atoms with E-state index in [-0.39, 0.29) is 13.1 Å². The van der Waals surface area contributed by atoms with E-state index in [0.29, 0.717) is 36.4 Å². The number of carbonyl (C=O) groups excluding carboxylic acids is 4. The molecule has 2 N–H and O–H groups in total. The lowest BCUT2D eigenvalue weighted by Gasteiger charge is -2.13. The first-order valence-corrected chi connectivity index (χ1v) is 19.3. The molecular weight excluding hydrogens is 761 g/mol. The Balaban J connectivity index is 0.000000291. The van der Waals surface area contributed by atoms with Gasteiger partial charge in [-0.2, -0.15) is 0 Å². The van der Waals surface area contributed by atoms with Crippen LogP contribution in [0.5, 0.6) is 11.5 Å². The number of imidazole rings is 1. The van der Waals surface area contributed by atoms with Crippen LogP contribution in [0.15, 0.2) is 138 Å². The monoisotopic (exact) mass is 814 g/mol. The van der Waals surface area contributed by atoms with E-state index < -0.39 is 29.6 Å². The van der Waals surface area contributed by atoms with E-state index in [0.717, 1.165) is 22.6 Å². The fourth-order valence-corrected chi connectivity index (χ4v) is 6.13. The van der Waals surface area contributed by atoms with Crippen molar-refractivity contribution in [3.8, 4) is 11.5 Å². The molecule has 0 saturated carbocycles. The summed E-state index contributed by atoms with van der Waals surface area (Å²) >= 11 is 0. The predicted octanol–water partition coefficient (Wildman–Crippen LogP) is 5.18. The highest BCUT2D eigenvalue weighted by Crippen LogP contribution is 2.18. The van der Waals surface area contributed by atoms with E-state index >= 15 is 0 Å². The summed E-state index contributed by atoms with van der Waals surface area (Å²) in [7, 11) is 11.4. The number of rotatable bonds is 16. The maximum Gasteiger partial charge on any atom is 0.330 e. The second kappa shape index (κ2) is 23.3.